The van der Waals surface area contributed by atoms with Crippen LogP contribution in [-0.4, -0.2) is 21.5 Å². The van der Waals surface area contributed by atoms with Gasteiger partial charge < -0.3 is 5.32 Å². The maximum absolute atomic E-state index is 4.20. The smallest absolute Gasteiger partial charge is 0.0845 e. The molecular formula is C15H21BrN4. The highest BCUT2D eigenvalue weighted by Gasteiger charge is 2.16. The molecule has 1 aromatic heterocycles. The third-order valence-electron chi connectivity index (χ3n) is 3.23. The first-order chi connectivity index (χ1) is 9.60. The Morgan fingerprint density at radius 1 is 1.40 bits per heavy atom. The van der Waals surface area contributed by atoms with Gasteiger partial charge in [0.05, 0.1) is 5.69 Å². The van der Waals surface area contributed by atoms with Gasteiger partial charge in [-0.25, -0.2) is 0 Å². The van der Waals surface area contributed by atoms with Gasteiger partial charge in [-0.1, -0.05) is 45.8 Å². The van der Waals surface area contributed by atoms with Crippen LogP contribution in [0.25, 0.3) is 0 Å². The molecule has 1 unspecified atom stereocenters. The highest BCUT2D eigenvalue weighted by molar-refractivity contribution is 9.10. The van der Waals surface area contributed by atoms with Crippen LogP contribution >= 0.6 is 15.9 Å². The zero-order valence-electron chi connectivity index (χ0n) is 12.2. The summed E-state index contributed by atoms with van der Waals surface area (Å²) in [6, 6.07) is 6.71. The number of rotatable bonds is 6. The van der Waals surface area contributed by atoms with Crippen LogP contribution in [0, 0.1) is 6.92 Å². The second-order valence-electron chi connectivity index (χ2n) is 5.12. The molecule has 5 heteroatoms. The lowest BCUT2D eigenvalue weighted by molar-refractivity contribution is 0.522. The summed E-state index contributed by atoms with van der Waals surface area (Å²) in [6.07, 6.45) is 3.93. The van der Waals surface area contributed by atoms with E-state index in [0.717, 1.165) is 29.6 Å². The Labute approximate surface area is 128 Å². The molecule has 0 radical (unpaired) electrons. The van der Waals surface area contributed by atoms with Crippen molar-refractivity contribution in [3.63, 3.8) is 0 Å². The van der Waals surface area contributed by atoms with Crippen LogP contribution in [0.1, 0.15) is 36.2 Å². The summed E-state index contributed by atoms with van der Waals surface area (Å²) in [5.74, 6) is 0. The van der Waals surface area contributed by atoms with Gasteiger partial charge in [0, 0.05) is 30.2 Å². The van der Waals surface area contributed by atoms with Crippen molar-refractivity contribution in [2.45, 2.75) is 32.7 Å². The SMILES string of the molecule is CCCNC(Cc1cn(C)nn1)c1cc(C)ccc1Br. The van der Waals surface area contributed by atoms with Gasteiger partial charge >= 0.3 is 0 Å². The third kappa shape index (κ3) is 3.90. The molecule has 1 heterocycles. The van der Waals surface area contributed by atoms with E-state index >= 15 is 0 Å². The molecule has 0 bridgehead atoms. The number of hydrogen-bond donors (Lipinski definition) is 1. The summed E-state index contributed by atoms with van der Waals surface area (Å²) in [4.78, 5) is 0. The van der Waals surface area contributed by atoms with E-state index in [1.807, 2.05) is 13.2 Å². The zero-order chi connectivity index (χ0) is 14.5. The van der Waals surface area contributed by atoms with Crippen molar-refractivity contribution in [1.82, 2.24) is 20.3 Å². The molecule has 2 rings (SSSR count). The standard InChI is InChI=1S/C15H21BrN4/c1-4-7-17-15(9-12-10-20(3)19-18-12)13-8-11(2)5-6-14(13)16/h5-6,8,10,15,17H,4,7,9H2,1-3H3. The Kier molecular flexibility index (Phi) is 5.31. The molecule has 0 aliphatic rings. The fourth-order valence-corrected chi connectivity index (χ4v) is 2.76. The van der Waals surface area contributed by atoms with E-state index in [2.05, 4.69) is 63.6 Å². The lowest BCUT2D eigenvalue weighted by atomic mass is 10.00. The molecule has 2 aromatic rings. The quantitative estimate of drug-likeness (QED) is 0.880. The molecule has 0 aliphatic heterocycles. The van der Waals surface area contributed by atoms with Crippen molar-refractivity contribution in [3.05, 3.63) is 45.7 Å². The van der Waals surface area contributed by atoms with Crippen LogP contribution in [0.2, 0.25) is 0 Å². The molecule has 0 aliphatic carbocycles. The number of benzene rings is 1. The number of nitrogens with one attached hydrogen (secondary N) is 1. The third-order valence-corrected chi connectivity index (χ3v) is 3.95. The largest absolute Gasteiger partial charge is 0.310 e. The highest BCUT2D eigenvalue weighted by Crippen LogP contribution is 2.27. The van der Waals surface area contributed by atoms with Gasteiger partial charge in [-0.15, -0.1) is 5.10 Å². The van der Waals surface area contributed by atoms with Crippen LogP contribution in [-0.2, 0) is 13.5 Å². The first-order valence-electron chi connectivity index (χ1n) is 6.94. The molecular weight excluding hydrogens is 316 g/mol. The monoisotopic (exact) mass is 336 g/mol. The van der Waals surface area contributed by atoms with Crippen molar-refractivity contribution >= 4 is 15.9 Å². The first-order valence-corrected chi connectivity index (χ1v) is 7.74. The number of aromatic nitrogens is 3. The topological polar surface area (TPSA) is 42.7 Å². The average molecular weight is 337 g/mol. The molecule has 4 nitrogen and oxygen atoms in total. The second-order valence-corrected chi connectivity index (χ2v) is 5.97. The molecule has 1 N–H and O–H groups in total. The number of hydrogen-bond acceptors (Lipinski definition) is 3. The minimum atomic E-state index is 0.251. The molecule has 0 fully saturated rings. The normalized spacial score (nSPS) is 12.6. The minimum Gasteiger partial charge on any atom is -0.310 e. The van der Waals surface area contributed by atoms with E-state index in [9.17, 15) is 0 Å². The van der Waals surface area contributed by atoms with Crippen LogP contribution in [0.3, 0.4) is 0 Å². The molecule has 0 saturated carbocycles. The predicted octanol–water partition coefficient (Wildman–Crippen LogP) is 3.17. The molecule has 1 aromatic carbocycles. The van der Waals surface area contributed by atoms with E-state index in [-0.39, 0.29) is 6.04 Å². The predicted molar refractivity (Wildman–Crippen MR) is 84.6 cm³/mol. The van der Waals surface area contributed by atoms with E-state index in [4.69, 9.17) is 0 Å². The molecule has 0 saturated heterocycles. The molecule has 20 heavy (non-hydrogen) atoms. The Morgan fingerprint density at radius 3 is 2.85 bits per heavy atom. The summed E-state index contributed by atoms with van der Waals surface area (Å²) >= 11 is 3.66. The minimum absolute atomic E-state index is 0.251. The Hall–Kier alpha value is -1.20. The van der Waals surface area contributed by atoms with Gasteiger partial charge in [0.25, 0.3) is 0 Å². The summed E-state index contributed by atoms with van der Waals surface area (Å²) in [7, 11) is 1.90. The number of nitrogens with zero attached hydrogens (tertiary/aromatic N) is 3. The average Bonchev–Trinajstić information content (AvgIpc) is 2.83. The van der Waals surface area contributed by atoms with Gasteiger partial charge in [-0.2, -0.15) is 0 Å². The van der Waals surface area contributed by atoms with Crippen molar-refractivity contribution in [2.75, 3.05) is 6.54 Å². The van der Waals surface area contributed by atoms with Crippen molar-refractivity contribution in [2.24, 2.45) is 7.05 Å². The number of halogens is 1. The van der Waals surface area contributed by atoms with Gasteiger partial charge in [0.1, 0.15) is 0 Å². The van der Waals surface area contributed by atoms with Crippen LogP contribution < -0.4 is 5.32 Å². The van der Waals surface area contributed by atoms with E-state index in [0.29, 0.717) is 0 Å². The van der Waals surface area contributed by atoms with Crippen LogP contribution in [0.4, 0.5) is 0 Å². The maximum Gasteiger partial charge on any atom is 0.0845 e. The maximum atomic E-state index is 4.20. The van der Waals surface area contributed by atoms with E-state index in [1.54, 1.807) is 4.68 Å². The van der Waals surface area contributed by atoms with Crippen molar-refractivity contribution in [1.29, 1.82) is 0 Å². The lowest BCUT2D eigenvalue weighted by Crippen LogP contribution is -2.24. The van der Waals surface area contributed by atoms with Crippen LogP contribution in [0.5, 0.6) is 0 Å². The van der Waals surface area contributed by atoms with Crippen molar-refractivity contribution < 1.29 is 0 Å². The van der Waals surface area contributed by atoms with Gasteiger partial charge in [-0.05, 0) is 31.5 Å². The Morgan fingerprint density at radius 2 is 2.20 bits per heavy atom. The molecule has 0 spiro atoms. The Balaban J connectivity index is 2.24. The summed E-state index contributed by atoms with van der Waals surface area (Å²) in [5.41, 5.74) is 3.56. The van der Waals surface area contributed by atoms with Crippen LogP contribution in [0.15, 0.2) is 28.9 Å². The summed E-state index contributed by atoms with van der Waals surface area (Å²) in [5, 5.41) is 11.8. The van der Waals surface area contributed by atoms with E-state index in [1.165, 1.54) is 11.1 Å². The fraction of sp³-hybridized carbons (Fsp3) is 0.467. The zero-order valence-corrected chi connectivity index (χ0v) is 13.8. The first kappa shape index (κ1) is 15.2. The van der Waals surface area contributed by atoms with Gasteiger partial charge in [0.15, 0.2) is 0 Å². The van der Waals surface area contributed by atoms with Gasteiger partial charge in [-0.3, -0.25) is 4.68 Å². The van der Waals surface area contributed by atoms with E-state index < -0.39 is 0 Å². The Bertz CT molecular complexity index is 565. The van der Waals surface area contributed by atoms with Crippen molar-refractivity contribution in [3.8, 4) is 0 Å². The molecule has 1 atom stereocenters. The second kappa shape index (κ2) is 6.99. The van der Waals surface area contributed by atoms with Gasteiger partial charge in [0.2, 0.25) is 0 Å². The fourth-order valence-electron chi connectivity index (χ4n) is 2.24. The molecule has 0 amide bonds. The number of aryl methyl sites for hydroxylation is 2. The summed E-state index contributed by atoms with van der Waals surface area (Å²) in [6.45, 7) is 5.29. The summed E-state index contributed by atoms with van der Waals surface area (Å²) < 4.78 is 2.89. The molecule has 108 valence electrons. The highest BCUT2D eigenvalue weighted by atomic mass is 79.9. The lowest BCUT2D eigenvalue weighted by Gasteiger charge is -2.20.